The number of nitrogens with two attached hydrogens (primary N) is 1. The summed E-state index contributed by atoms with van der Waals surface area (Å²) >= 11 is 5.68. The molecule has 1 heterocycles. The van der Waals surface area contributed by atoms with Crippen LogP contribution in [0.3, 0.4) is 0 Å². The van der Waals surface area contributed by atoms with Crippen LogP contribution >= 0.6 is 11.6 Å². The number of amides is 1. The highest BCUT2D eigenvalue weighted by molar-refractivity contribution is 6.32. The summed E-state index contributed by atoms with van der Waals surface area (Å²) in [6.45, 7) is 0.116. The van der Waals surface area contributed by atoms with Crippen LogP contribution in [0.4, 0.5) is 11.5 Å². The van der Waals surface area contributed by atoms with Gasteiger partial charge in [0.15, 0.2) is 11.0 Å². The normalized spacial score (nSPS) is 9.80. The molecule has 1 aromatic rings. The third-order valence-electron chi connectivity index (χ3n) is 1.74. The highest BCUT2D eigenvalue weighted by Gasteiger charge is 2.08. The van der Waals surface area contributed by atoms with Crippen molar-refractivity contribution in [3.63, 3.8) is 0 Å². The third-order valence-corrected chi connectivity index (χ3v) is 2.04. The number of hydrogen-bond acceptors (Lipinski definition) is 5. The number of rotatable bonds is 3. The topological polar surface area (TPSA) is 84.1 Å². The molecule has 0 aliphatic heterocycles. The Labute approximate surface area is 92.4 Å². The Morgan fingerprint density at radius 1 is 1.60 bits per heavy atom. The molecular formula is C8H12ClN5O. The molecule has 0 atom stereocenters. The van der Waals surface area contributed by atoms with Crippen LogP contribution in [0.15, 0.2) is 6.33 Å². The van der Waals surface area contributed by atoms with Crippen LogP contribution in [0.1, 0.15) is 0 Å². The van der Waals surface area contributed by atoms with E-state index in [2.05, 4.69) is 15.3 Å². The average molecular weight is 230 g/mol. The molecule has 1 amide bonds. The highest BCUT2D eigenvalue weighted by Crippen LogP contribution is 2.21. The van der Waals surface area contributed by atoms with E-state index in [9.17, 15) is 4.79 Å². The summed E-state index contributed by atoms with van der Waals surface area (Å²) in [5.74, 6) is 0.286. The molecule has 0 aliphatic carbocycles. The van der Waals surface area contributed by atoms with Gasteiger partial charge in [-0.05, 0) is 0 Å². The molecule has 0 spiro atoms. The second-order valence-corrected chi connectivity index (χ2v) is 3.43. The largest absolute Gasteiger partial charge is 0.393 e. The van der Waals surface area contributed by atoms with Gasteiger partial charge in [0.25, 0.3) is 0 Å². The second kappa shape index (κ2) is 4.79. The average Bonchev–Trinajstić information content (AvgIpc) is 2.19. The van der Waals surface area contributed by atoms with Crippen LogP contribution in [0, 0.1) is 0 Å². The van der Waals surface area contributed by atoms with Crippen molar-refractivity contribution in [2.75, 3.05) is 31.7 Å². The van der Waals surface area contributed by atoms with Crippen molar-refractivity contribution in [1.29, 1.82) is 0 Å². The summed E-state index contributed by atoms with van der Waals surface area (Å²) in [4.78, 5) is 20.3. The van der Waals surface area contributed by atoms with Gasteiger partial charge in [-0.2, -0.15) is 0 Å². The molecular weight excluding hydrogens is 218 g/mol. The number of aromatic nitrogens is 2. The van der Waals surface area contributed by atoms with E-state index < -0.39 is 0 Å². The number of hydrogen-bond donors (Lipinski definition) is 2. The lowest BCUT2D eigenvalue weighted by Gasteiger charge is -2.12. The Hall–Kier alpha value is -1.56. The summed E-state index contributed by atoms with van der Waals surface area (Å²) in [5, 5.41) is 2.95. The third kappa shape index (κ3) is 2.95. The fourth-order valence-electron chi connectivity index (χ4n) is 0.832. The molecule has 3 N–H and O–H groups in total. The van der Waals surface area contributed by atoms with E-state index in [1.165, 1.54) is 11.2 Å². The first-order valence-electron chi connectivity index (χ1n) is 4.22. The fraction of sp³-hybridized carbons (Fsp3) is 0.375. The standard InChI is InChI=1S/C8H12ClN5O/c1-14(2)5(15)3-11-8-6(10)7(9)12-4-13-8/h4H,3,10H2,1-2H3,(H,11,12,13). The number of likely N-dealkylation sites (N-methyl/N-ethyl adjacent to an activating group) is 1. The van der Waals surface area contributed by atoms with Gasteiger partial charge < -0.3 is 16.0 Å². The minimum Gasteiger partial charge on any atom is -0.393 e. The quantitative estimate of drug-likeness (QED) is 0.724. The maximum atomic E-state index is 11.3. The van der Waals surface area contributed by atoms with Crippen LogP contribution in [0.2, 0.25) is 5.15 Å². The summed E-state index contributed by atoms with van der Waals surface area (Å²) in [7, 11) is 3.33. The predicted molar refractivity (Wildman–Crippen MR) is 58.6 cm³/mol. The fourth-order valence-corrected chi connectivity index (χ4v) is 0.966. The Morgan fingerprint density at radius 2 is 2.27 bits per heavy atom. The van der Waals surface area contributed by atoms with E-state index in [1.54, 1.807) is 14.1 Å². The summed E-state index contributed by atoms with van der Waals surface area (Å²) in [6.07, 6.45) is 1.28. The van der Waals surface area contributed by atoms with E-state index in [-0.39, 0.29) is 23.3 Å². The van der Waals surface area contributed by atoms with Crippen molar-refractivity contribution < 1.29 is 4.79 Å². The zero-order valence-corrected chi connectivity index (χ0v) is 9.25. The smallest absolute Gasteiger partial charge is 0.241 e. The zero-order chi connectivity index (χ0) is 11.4. The first-order chi connectivity index (χ1) is 7.02. The molecule has 7 heteroatoms. The van der Waals surface area contributed by atoms with Crippen LogP contribution in [-0.4, -0.2) is 41.4 Å². The molecule has 0 saturated heterocycles. The molecule has 0 bridgehead atoms. The second-order valence-electron chi connectivity index (χ2n) is 3.07. The van der Waals surface area contributed by atoms with Crippen LogP contribution in [-0.2, 0) is 4.79 Å². The Kier molecular flexibility index (Phi) is 3.68. The maximum absolute atomic E-state index is 11.3. The van der Waals surface area contributed by atoms with Gasteiger partial charge >= 0.3 is 0 Å². The van der Waals surface area contributed by atoms with Crippen molar-refractivity contribution in [3.05, 3.63) is 11.5 Å². The minimum absolute atomic E-state index is 0.0795. The van der Waals surface area contributed by atoms with Crippen LogP contribution < -0.4 is 11.1 Å². The van der Waals surface area contributed by atoms with Crippen molar-refractivity contribution in [3.8, 4) is 0 Å². The van der Waals surface area contributed by atoms with Gasteiger partial charge in [0.1, 0.15) is 12.0 Å². The van der Waals surface area contributed by atoms with Gasteiger partial charge in [0, 0.05) is 14.1 Å². The highest BCUT2D eigenvalue weighted by atomic mass is 35.5. The van der Waals surface area contributed by atoms with Crippen molar-refractivity contribution in [1.82, 2.24) is 14.9 Å². The van der Waals surface area contributed by atoms with E-state index >= 15 is 0 Å². The maximum Gasteiger partial charge on any atom is 0.241 e. The summed E-state index contributed by atoms with van der Waals surface area (Å²) in [6, 6.07) is 0. The van der Waals surface area contributed by atoms with Crippen LogP contribution in [0.5, 0.6) is 0 Å². The number of carbonyl (C=O) groups is 1. The van der Waals surface area contributed by atoms with Crippen molar-refractivity contribution in [2.24, 2.45) is 0 Å². The summed E-state index contributed by atoms with van der Waals surface area (Å²) in [5.41, 5.74) is 5.84. The van der Waals surface area contributed by atoms with Gasteiger partial charge in [-0.25, -0.2) is 9.97 Å². The lowest BCUT2D eigenvalue weighted by molar-refractivity contribution is -0.126. The monoisotopic (exact) mass is 229 g/mol. The number of nitrogen functional groups attached to an aromatic ring is 1. The molecule has 0 fully saturated rings. The number of carbonyl (C=O) groups excluding carboxylic acids is 1. The minimum atomic E-state index is -0.0795. The lowest BCUT2D eigenvalue weighted by Crippen LogP contribution is -2.29. The van der Waals surface area contributed by atoms with Gasteiger partial charge in [-0.15, -0.1) is 0 Å². The number of nitrogens with one attached hydrogen (secondary N) is 1. The van der Waals surface area contributed by atoms with E-state index in [0.717, 1.165) is 0 Å². The molecule has 0 aromatic carbocycles. The first kappa shape index (κ1) is 11.5. The molecule has 82 valence electrons. The lowest BCUT2D eigenvalue weighted by atomic mass is 10.4. The molecule has 0 radical (unpaired) electrons. The van der Waals surface area contributed by atoms with Gasteiger partial charge in [-0.3, -0.25) is 4.79 Å². The SMILES string of the molecule is CN(C)C(=O)CNc1ncnc(Cl)c1N. The van der Waals surface area contributed by atoms with E-state index in [4.69, 9.17) is 17.3 Å². The molecule has 0 aliphatic rings. The van der Waals surface area contributed by atoms with E-state index in [0.29, 0.717) is 5.82 Å². The van der Waals surface area contributed by atoms with Gasteiger partial charge in [-0.1, -0.05) is 11.6 Å². The van der Waals surface area contributed by atoms with Crippen molar-refractivity contribution >= 4 is 29.0 Å². The molecule has 1 rings (SSSR count). The predicted octanol–water partition coefficient (Wildman–Crippen LogP) is 0.212. The van der Waals surface area contributed by atoms with Gasteiger partial charge in [0.05, 0.1) is 6.54 Å². The number of nitrogens with zero attached hydrogens (tertiary/aromatic N) is 3. The number of halogens is 1. The molecule has 0 unspecified atom stereocenters. The molecule has 1 aromatic heterocycles. The first-order valence-corrected chi connectivity index (χ1v) is 4.60. The molecule has 6 nitrogen and oxygen atoms in total. The van der Waals surface area contributed by atoms with Crippen LogP contribution in [0.25, 0.3) is 0 Å². The molecule has 15 heavy (non-hydrogen) atoms. The van der Waals surface area contributed by atoms with Gasteiger partial charge in [0.2, 0.25) is 5.91 Å². The Morgan fingerprint density at radius 3 is 2.87 bits per heavy atom. The zero-order valence-electron chi connectivity index (χ0n) is 8.49. The Balaban J connectivity index is 2.66. The Bertz CT molecular complexity index is 368. The van der Waals surface area contributed by atoms with Crippen molar-refractivity contribution in [2.45, 2.75) is 0 Å². The molecule has 0 saturated carbocycles. The summed E-state index contributed by atoms with van der Waals surface area (Å²) < 4.78 is 0. The number of anilines is 2. The van der Waals surface area contributed by atoms with E-state index in [1.807, 2.05) is 0 Å².